The minimum absolute atomic E-state index is 0.186. The molecule has 1 saturated heterocycles. The van der Waals surface area contributed by atoms with Crippen LogP contribution in [0.1, 0.15) is 36.1 Å². The number of rotatable bonds is 5. The SMILES string of the molecule is CCOC(=O)c1ccc(CN[C@@H]2CCC(=O)N(C)C2)o1. The van der Waals surface area contributed by atoms with Crippen LogP contribution in [0.15, 0.2) is 16.5 Å². The van der Waals surface area contributed by atoms with Crippen LogP contribution in [0.4, 0.5) is 0 Å². The molecule has 1 N–H and O–H groups in total. The third-order valence-electron chi connectivity index (χ3n) is 3.33. The number of likely N-dealkylation sites (N-methyl/N-ethyl adjacent to an activating group) is 1. The van der Waals surface area contributed by atoms with Gasteiger partial charge in [0.05, 0.1) is 13.2 Å². The van der Waals surface area contributed by atoms with Crippen LogP contribution in [-0.4, -0.2) is 43.0 Å². The average Bonchev–Trinajstić information content (AvgIpc) is 2.89. The summed E-state index contributed by atoms with van der Waals surface area (Å²) in [7, 11) is 1.81. The molecule has 6 nitrogen and oxygen atoms in total. The zero-order valence-corrected chi connectivity index (χ0v) is 11.8. The number of carbonyl (C=O) groups is 2. The summed E-state index contributed by atoms with van der Waals surface area (Å²) in [5, 5.41) is 3.33. The van der Waals surface area contributed by atoms with E-state index in [9.17, 15) is 9.59 Å². The Balaban J connectivity index is 1.82. The second kappa shape index (κ2) is 6.56. The maximum Gasteiger partial charge on any atom is 0.374 e. The first-order chi connectivity index (χ1) is 9.60. The second-order valence-corrected chi connectivity index (χ2v) is 4.88. The lowest BCUT2D eigenvalue weighted by Gasteiger charge is -2.30. The fourth-order valence-electron chi connectivity index (χ4n) is 2.21. The highest BCUT2D eigenvalue weighted by Gasteiger charge is 2.22. The molecule has 0 radical (unpaired) electrons. The van der Waals surface area contributed by atoms with Crippen LogP contribution in [0.2, 0.25) is 0 Å². The Hall–Kier alpha value is -1.82. The van der Waals surface area contributed by atoms with E-state index in [4.69, 9.17) is 9.15 Å². The van der Waals surface area contributed by atoms with Gasteiger partial charge in [0.25, 0.3) is 0 Å². The van der Waals surface area contributed by atoms with Gasteiger partial charge in [-0.3, -0.25) is 4.79 Å². The lowest BCUT2D eigenvalue weighted by atomic mass is 10.1. The van der Waals surface area contributed by atoms with Crippen molar-refractivity contribution < 1.29 is 18.7 Å². The highest BCUT2D eigenvalue weighted by molar-refractivity contribution is 5.86. The third kappa shape index (κ3) is 3.60. The van der Waals surface area contributed by atoms with Crippen molar-refractivity contribution in [2.24, 2.45) is 0 Å². The number of amides is 1. The number of nitrogens with one attached hydrogen (secondary N) is 1. The van der Waals surface area contributed by atoms with E-state index in [1.165, 1.54) is 0 Å². The molecule has 0 bridgehead atoms. The van der Waals surface area contributed by atoms with Gasteiger partial charge in [-0.2, -0.15) is 0 Å². The molecule has 2 heterocycles. The van der Waals surface area contributed by atoms with E-state index in [0.29, 0.717) is 31.9 Å². The molecule has 0 aromatic carbocycles. The summed E-state index contributed by atoms with van der Waals surface area (Å²) in [6.07, 6.45) is 1.40. The minimum atomic E-state index is -0.443. The average molecular weight is 280 g/mol. The summed E-state index contributed by atoms with van der Waals surface area (Å²) < 4.78 is 10.3. The van der Waals surface area contributed by atoms with Crippen LogP contribution >= 0.6 is 0 Å². The monoisotopic (exact) mass is 280 g/mol. The van der Waals surface area contributed by atoms with E-state index in [0.717, 1.165) is 6.42 Å². The molecule has 2 rings (SSSR count). The van der Waals surface area contributed by atoms with E-state index < -0.39 is 5.97 Å². The lowest BCUT2D eigenvalue weighted by Crippen LogP contribution is -2.46. The quantitative estimate of drug-likeness (QED) is 0.820. The van der Waals surface area contributed by atoms with Gasteiger partial charge in [0, 0.05) is 26.1 Å². The van der Waals surface area contributed by atoms with Crippen LogP contribution in [-0.2, 0) is 16.1 Å². The molecule has 0 saturated carbocycles. The highest BCUT2D eigenvalue weighted by Crippen LogP contribution is 2.12. The van der Waals surface area contributed by atoms with Crippen molar-refractivity contribution in [1.29, 1.82) is 0 Å². The van der Waals surface area contributed by atoms with Crippen LogP contribution in [0.3, 0.4) is 0 Å². The van der Waals surface area contributed by atoms with Gasteiger partial charge in [-0.1, -0.05) is 0 Å². The normalized spacial score (nSPS) is 19.2. The van der Waals surface area contributed by atoms with E-state index in [-0.39, 0.29) is 17.7 Å². The predicted molar refractivity (Wildman–Crippen MR) is 72.2 cm³/mol. The number of furan rings is 1. The fraction of sp³-hybridized carbons (Fsp3) is 0.571. The molecular formula is C14H20N2O4. The summed E-state index contributed by atoms with van der Waals surface area (Å²) in [5.74, 6) is 0.652. The van der Waals surface area contributed by atoms with Crippen molar-refractivity contribution >= 4 is 11.9 Å². The molecule has 6 heteroatoms. The van der Waals surface area contributed by atoms with E-state index >= 15 is 0 Å². The van der Waals surface area contributed by atoms with Gasteiger partial charge in [0.2, 0.25) is 11.7 Å². The largest absolute Gasteiger partial charge is 0.460 e. The van der Waals surface area contributed by atoms with Crippen molar-refractivity contribution in [1.82, 2.24) is 10.2 Å². The Morgan fingerprint density at radius 3 is 3.05 bits per heavy atom. The van der Waals surface area contributed by atoms with E-state index in [2.05, 4.69) is 5.32 Å². The first-order valence-electron chi connectivity index (χ1n) is 6.83. The maximum atomic E-state index is 11.5. The van der Waals surface area contributed by atoms with Gasteiger partial charge in [0.1, 0.15) is 5.76 Å². The van der Waals surface area contributed by atoms with Crippen molar-refractivity contribution in [2.45, 2.75) is 32.4 Å². The molecule has 1 amide bonds. The number of likely N-dealkylation sites (tertiary alicyclic amines) is 1. The topological polar surface area (TPSA) is 71.8 Å². The Kier molecular flexibility index (Phi) is 4.79. The lowest BCUT2D eigenvalue weighted by molar-refractivity contribution is -0.132. The van der Waals surface area contributed by atoms with Gasteiger partial charge in [-0.05, 0) is 25.5 Å². The number of piperidine rings is 1. The summed E-state index contributed by atoms with van der Waals surface area (Å²) in [6.45, 7) is 3.32. The predicted octanol–water partition coefficient (Wildman–Crippen LogP) is 1.17. The van der Waals surface area contributed by atoms with Crippen LogP contribution < -0.4 is 5.32 Å². The molecule has 20 heavy (non-hydrogen) atoms. The fourth-order valence-corrected chi connectivity index (χ4v) is 2.21. The number of esters is 1. The van der Waals surface area contributed by atoms with E-state index in [1.54, 1.807) is 24.0 Å². The van der Waals surface area contributed by atoms with Crippen molar-refractivity contribution in [3.63, 3.8) is 0 Å². The molecule has 1 aliphatic rings. The first kappa shape index (κ1) is 14.6. The van der Waals surface area contributed by atoms with Crippen LogP contribution in [0.5, 0.6) is 0 Å². The molecule has 1 aromatic heterocycles. The Bertz CT molecular complexity index is 483. The number of hydrogen-bond acceptors (Lipinski definition) is 5. The zero-order chi connectivity index (χ0) is 14.5. The van der Waals surface area contributed by atoms with Crippen molar-refractivity contribution in [3.05, 3.63) is 23.7 Å². The van der Waals surface area contributed by atoms with E-state index in [1.807, 2.05) is 7.05 Å². The Labute approximate surface area is 118 Å². The molecule has 0 aliphatic carbocycles. The third-order valence-corrected chi connectivity index (χ3v) is 3.33. The van der Waals surface area contributed by atoms with Gasteiger partial charge >= 0.3 is 5.97 Å². The number of nitrogens with zero attached hydrogens (tertiary/aromatic N) is 1. The molecule has 1 atom stereocenters. The standard InChI is InChI=1S/C14H20N2O4/c1-3-19-14(18)12-6-5-11(20-12)8-15-10-4-7-13(17)16(2)9-10/h5-6,10,15H,3-4,7-9H2,1-2H3/t10-/m1/s1. The minimum Gasteiger partial charge on any atom is -0.460 e. The maximum absolute atomic E-state index is 11.5. The van der Waals surface area contributed by atoms with Crippen LogP contribution in [0.25, 0.3) is 0 Å². The zero-order valence-electron chi connectivity index (χ0n) is 11.8. The Morgan fingerprint density at radius 1 is 1.55 bits per heavy atom. The molecule has 1 fully saturated rings. The van der Waals surface area contributed by atoms with Crippen molar-refractivity contribution in [3.8, 4) is 0 Å². The molecule has 1 aliphatic heterocycles. The molecule has 110 valence electrons. The summed E-state index contributed by atoms with van der Waals surface area (Å²) in [5.41, 5.74) is 0. The highest BCUT2D eigenvalue weighted by atomic mass is 16.5. The first-order valence-corrected chi connectivity index (χ1v) is 6.83. The molecular weight excluding hydrogens is 260 g/mol. The van der Waals surface area contributed by atoms with Gasteiger partial charge in [-0.15, -0.1) is 0 Å². The molecule has 0 spiro atoms. The molecule has 1 aromatic rings. The Morgan fingerprint density at radius 2 is 2.35 bits per heavy atom. The van der Waals surface area contributed by atoms with Crippen molar-refractivity contribution in [2.75, 3.05) is 20.2 Å². The number of ether oxygens (including phenoxy) is 1. The number of carbonyl (C=O) groups excluding carboxylic acids is 2. The van der Waals surface area contributed by atoms with Gasteiger partial charge in [0.15, 0.2) is 0 Å². The van der Waals surface area contributed by atoms with Crippen LogP contribution in [0, 0.1) is 0 Å². The smallest absolute Gasteiger partial charge is 0.374 e. The summed E-state index contributed by atoms with van der Waals surface area (Å²) in [4.78, 5) is 24.6. The summed E-state index contributed by atoms with van der Waals surface area (Å²) in [6, 6.07) is 3.64. The summed E-state index contributed by atoms with van der Waals surface area (Å²) >= 11 is 0. The second-order valence-electron chi connectivity index (χ2n) is 4.88. The van der Waals surface area contributed by atoms with Gasteiger partial charge < -0.3 is 19.4 Å². The molecule has 0 unspecified atom stereocenters. The number of hydrogen-bond donors (Lipinski definition) is 1. The van der Waals surface area contributed by atoms with Gasteiger partial charge in [-0.25, -0.2) is 4.79 Å².